The lowest BCUT2D eigenvalue weighted by Crippen LogP contribution is -2.53. The molecule has 0 radical (unpaired) electrons. The summed E-state index contributed by atoms with van der Waals surface area (Å²) in [5.41, 5.74) is 1.90. The Balaban J connectivity index is 1.37. The van der Waals surface area contributed by atoms with E-state index in [1.807, 2.05) is 23.7 Å². The molecule has 8 nitrogen and oxygen atoms in total. The van der Waals surface area contributed by atoms with Crippen molar-refractivity contribution in [3.05, 3.63) is 81.9 Å². The van der Waals surface area contributed by atoms with E-state index in [9.17, 15) is 27.9 Å². The van der Waals surface area contributed by atoms with E-state index in [2.05, 4.69) is 17.1 Å². The highest BCUT2D eigenvalue weighted by atomic mass is 19.4. The van der Waals surface area contributed by atoms with Gasteiger partial charge in [-0.2, -0.15) is 13.2 Å². The van der Waals surface area contributed by atoms with Crippen LogP contribution in [0.3, 0.4) is 0 Å². The van der Waals surface area contributed by atoms with Crippen molar-refractivity contribution in [3.63, 3.8) is 0 Å². The van der Waals surface area contributed by atoms with Gasteiger partial charge in [-0.05, 0) is 85.9 Å². The molecule has 2 aliphatic carbocycles. The Morgan fingerprint density at radius 2 is 1.93 bits per heavy atom. The Morgan fingerprint density at radius 1 is 1.19 bits per heavy atom. The van der Waals surface area contributed by atoms with Crippen LogP contribution in [-0.4, -0.2) is 42.3 Å². The number of nitrogens with zero attached hydrogens (tertiary/aromatic N) is 5. The van der Waals surface area contributed by atoms with Crippen LogP contribution in [0.2, 0.25) is 0 Å². The Hall–Kier alpha value is -4.15. The fraction of sp³-hybridized carbons (Fsp3) is 0.419. The first-order chi connectivity index (χ1) is 19.9. The molecule has 0 spiro atoms. The summed E-state index contributed by atoms with van der Waals surface area (Å²) in [6, 6.07) is 9.67. The second-order valence-corrected chi connectivity index (χ2v) is 12.1. The van der Waals surface area contributed by atoms with Crippen LogP contribution < -0.4 is 4.90 Å². The molecule has 2 amide bonds. The monoisotopic (exact) mass is 579 g/mol. The van der Waals surface area contributed by atoms with Crippen molar-refractivity contribution in [1.29, 1.82) is 0 Å². The van der Waals surface area contributed by atoms with Gasteiger partial charge in [-0.3, -0.25) is 9.69 Å². The number of fused-ring (bicyclic) bond motifs is 1. The molecule has 220 valence electrons. The minimum absolute atomic E-state index is 0.0472. The molecule has 1 aliphatic heterocycles. The minimum atomic E-state index is -4.71. The van der Waals surface area contributed by atoms with Gasteiger partial charge in [-0.1, -0.05) is 24.6 Å². The predicted molar refractivity (Wildman–Crippen MR) is 150 cm³/mol. The molecule has 2 fully saturated rings. The number of alkyl halides is 3. The Labute approximate surface area is 241 Å². The number of benzene rings is 2. The van der Waals surface area contributed by atoms with Crippen molar-refractivity contribution in [2.45, 2.75) is 70.8 Å². The summed E-state index contributed by atoms with van der Waals surface area (Å²) in [6.45, 7) is 3.51. The van der Waals surface area contributed by atoms with Crippen LogP contribution in [-0.2, 0) is 26.3 Å². The highest BCUT2D eigenvalue weighted by molar-refractivity contribution is 6.10. The number of aryl methyl sites for hydroxylation is 1. The number of allylic oxidation sites excluding steroid dienone is 1. The van der Waals surface area contributed by atoms with Gasteiger partial charge in [0.1, 0.15) is 6.33 Å². The highest BCUT2D eigenvalue weighted by Gasteiger charge is 2.43. The molecule has 0 saturated heterocycles. The zero-order chi connectivity index (χ0) is 30.0. The molecule has 2 aromatic carbocycles. The van der Waals surface area contributed by atoms with Crippen LogP contribution in [0.15, 0.2) is 48.3 Å². The normalized spacial score (nSPS) is 19.3. The molecule has 11 heteroatoms. The second kappa shape index (κ2) is 9.99. The smallest absolute Gasteiger partial charge is 0.416 e. The first kappa shape index (κ1) is 28.0. The molecule has 1 N–H and O–H groups in total. The fourth-order valence-corrected chi connectivity index (χ4v) is 6.47. The number of hydrogen-bond acceptors (Lipinski definition) is 4. The predicted octanol–water partition coefficient (Wildman–Crippen LogP) is 6.65. The maximum absolute atomic E-state index is 14.3. The average Bonchev–Trinajstić information content (AvgIpc) is 3.47. The molecular formula is C31H32F3N5O3. The lowest BCUT2D eigenvalue weighted by atomic mass is 9.77. The first-order valence-electron chi connectivity index (χ1n) is 14.1. The standard InChI is InChI=1S/C31H32F3N5O3/c1-18-10-21(11-18)26(27-36-35-17-37(27)3)20-6-4-7-22(14-20)38-16-24-23(28(38)40)12-19(13-25(24)31(32,33)34)15-39(29(41)42)30(2)8-5-9-30/h4,6-7,12-14,17-18H,5,8-11,15-16H2,1-3H3,(H,41,42). The van der Waals surface area contributed by atoms with E-state index < -0.39 is 29.3 Å². The molecule has 0 atom stereocenters. The van der Waals surface area contributed by atoms with Crippen LogP contribution in [0.4, 0.5) is 23.7 Å². The molecule has 42 heavy (non-hydrogen) atoms. The summed E-state index contributed by atoms with van der Waals surface area (Å²) in [5, 5.41) is 18.2. The average molecular weight is 580 g/mol. The van der Waals surface area contributed by atoms with Gasteiger partial charge in [0.05, 0.1) is 12.1 Å². The van der Waals surface area contributed by atoms with E-state index in [1.165, 1.54) is 21.4 Å². The number of aromatic nitrogens is 3. The summed E-state index contributed by atoms with van der Waals surface area (Å²) in [4.78, 5) is 28.3. The number of carboxylic acid groups (broad SMARTS) is 1. The Morgan fingerprint density at radius 3 is 2.50 bits per heavy atom. The van der Waals surface area contributed by atoms with Crippen LogP contribution in [0.25, 0.3) is 5.57 Å². The van der Waals surface area contributed by atoms with Crippen LogP contribution in [0.1, 0.15) is 84.4 Å². The molecule has 0 unspecified atom stereocenters. The van der Waals surface area contributed by atoms with Crippen molar-refractivity contribution < 1.29 is 27.9 Å². The van der Waals surface area contributed by atoms with Gasteiger partial charge in [0.15, 0.2) is 5.82 Å². The molecule has 3 aromatic rings. The summed E-state index contributed by atoms with van der Waals surface area (Å²) >= 11 is 0. The van der Waals surface area contributed by atoms with Crippen LogP contribution in [0, 0.1) is 5.92 Å². The minimum Gasteiger partial charge on any atom is -0.465 e. The van der Waals surface area contributed by atoms with Gasteiger partial charge in [-0.15, -0.1) is 10.2 Å². The molecule has 2 heterocycles. The number of carbonyl (C=O) groups excluding carboxylic acids is 1. The van der Waals surface area contributed by atoms with Gasteiger partial charge < -0.3 is 14.6 Å². The van der Waals surface area contributed by atoms with Crippen molar-refractivity contribution in [1.82, 2.24) is 19.7 Å². The Bertz CT molecular complexity index is 1610. The number of halogens is 3. The third-order valence-electron chi connectivity index (χ3n) is 8.99. The molecule has 0 bridgehead atoms. The van der Waals surface area contributed by atoms with Crippen LogP contribution in [0.5, 0.6) is 0 Å². The summed E-state index contributed by atoms with van der Waals surface area (Å²) in [7, 11) is 1.86. The summed E-state index contributed by atoms with van der Waals surface area (Å²) in [6.07, 6.45) is -0.319. The number of rotatable bonds is 6. The van der Waals surface area contributed by atoms with E-state index in [0.29, 0.717) is 30.3 Å². The van der Waals surface area contributed by atoms with Crippen molar-refractivity contribution >= 4 is 23.3 Å². The Kier molecular flexibility index (Phi) is 6.66. The van der Waals surface area contributed by atoms with E-state index in [1.54, 1.807) is 25.4 Å². The van der Waals surface area contributed by atoms with E-state index in [4.69, 9.17) is 0 Å². The molecule has 1 aromatic heterocycles. The van der Waals surface area contributed by atoms with Crippen molar-refractivity contribution in [2.24, 2.45) is 13.0 Å². The van der Waals surface area contributed by atoms with Gasteiger partial charge in [0.2, 0.25) is 0 Å². The molecule has 6 rings (SSSR count). The summed E-state index contributed by atoms with van der Waals surface area (Å²) < 4.78 is 44.8. The van der Waals surface area contributed by atoms with E-state index >= 15 is 0 Å². The van der Waals surface area contributed by atoms with Crippen molar-refractivity contribution in [2.75, 3.05) is 4.90 Å². The van der Waals surface area contributed by atoms with Gasteiger partial charge >= 0.3 is 12.3 Å². The number of anilines is 1. The third kappa shape index (κ3) is 4.74. The molecular weight excluding hydrogens is 547 g/mol. The quantitative estimate of drug-likeness (QED) is 0.353. The van der Waals surface area contributed by atoms with Gasteiger partial charge in [0.25, 0.3) is 5.91 Å². The number of hydrogen-bond donors (Lipinski definition) is 1. The van der Waals surface area contributed by atoms with E-state index in [-0.39, 0.29) is 29.8 Å². The zero-order valence-corrected chi connectivity index (χ0v) is 23.7. The maximum atomic E-state index is 14.3. The number of carbonyl (C=O) groups is 2. The lowest BCUT2D eigenvalue weighted by Gasteiger charge is -2.46. The zero-order valence-electron chi connectivity index (χ0n) is 23.7. The maximum Gasteiger partial charge on any atom is 0.416 e. The SMILES string of the molecule is CC1CC(=C(c2cccc(N3Cc4c(cc(CN(C(=O)O)C5(C)CCC5)cc4C(F)(F)F)C3=O)c2)c2nncn2C)C1. The van der Waals surface area contributed by atoms with Crippen molar-refractivity contribution in [3.8, 4) is 0 Å². The van der Waals surface area contributed by atoms with E-state index in [0.717, 1.165) is 36.5 Å². The lowest BCUT2D eigenvalue weighted by molar-refractivity contribution is -0.138. The highest BCUT2D eigenvalue weighted by Crippen LogP contribution is 2.44. The van der Waals surface area contributed by atoms with Gasteiger partial charge in [-0.25, -0.2) is 4.79 Å². The first-order valence-corrected chi connectivity index (χ1v) is 14.1. The largest absolute Gasteiger partial charge is 0.465 e. The summed E-state index contributed by atoms with van der Waals surface area (Å²) in [5.74, 6) is 0.688. The molecule has 3 aliphatic rings. The molecule has 2 saturated carbocycles. The second-order valence-electron chi connectivity index (χ2n) is 12.1. The number of amides is 2. The third-order valence-corrected chi connectivity index (χ3v) is 8.99. The topological polar surface area (TPSA) is 91.6 Å². The van der Waals surface area contributed by atoms with Crippen LogP contribution >= 0.6 is 0 Å². The fourth-order valence-electron chi connectivity index (χ4n) is 6.47. The van der Waals surface area contributed by atoms with Gasteiger partial charge in [0, 0.05) is 36.0 Å².